The van der Waals surface area contributed by atoms with Gasteiger partial charge in [-0.2, -0.15) is 13.2 Å². The normalized spacial score (nSPS) is 13.2. The zero-order valence-corrected chi connectivity index (χ0v) is 20.3. The van der Waals surface area contributed by atoms with Gasteiger partial charge in [-0.3, -0.25) is 4.79 Å². The van der Waals surface area contributed by atoms with Crippen LogP contribution in [0.3, 0.4) is 0 Å². The van der Waals surface area contributed by atoms with Gasteiger partial charge in [0, 0.05) is 27.3 Å². The second-order valence-electron chi connectivity index (χ2n) is 8.87. The summed E-state index contributed by atoms with van der Waals surface area (Å²) in [6, 6.07) is 4.62. The molecule has 1 rings (SSSR count). The molecule has 0 radical (unpaired) electrons. The standard InChI is InChI=1S/C23H37F3N2O5/c1-22(2,3)14-17(28-15-20(31-5)32-6)21(29)27-11-9-16-7-8-18(30-4)19(13-16)33-12-10-23(24,25)26/h7-8,13,17,20,28H,9-12,14-15H2,1-6H3,(H,27,29)/t17-/m1/s1. The molecule has 0 aliphatic carbocycles. The number of hydrogen-bond acceptors (Lipinski definition) is 6. The molecular formula is C23H37F3N2O5. The van der Waals surface area contributed by atoms with Crippen LogP contribution in [0.4, 0.5) is 13.2 Å². The Labute approximate surface area is 194 Å². The fourth-order valence-corrected chi connectivity index (χ4v) is 3.09. The Balaban J connectivity index is 2.70. The van der Waals surface area contributed by atoms with E-state index in [0.29, 0.717) is 31.7 Å². The van der Waals surface area contributed by atoms with Gasteiger partial charge >= 0.3 is 6.18 Å². The van der Waals surface area contributed by atoms with Crippen LogP contribution >= 0.6 is 0 Å². The van der Waals surface area contributed by atoms with Crippen molar-refractivity contribution in [3.8, 4) is 11.5 Å². The smallest absolute Gasteiger partial charge is 0.392 e. The van der Waals surface area contributed by atoms with E-state index in [-0.39, 0.29) is 17.1 Å². The molecule has 0 aliphatic heterocycles. The summed E-state index contributed by atoms with van der Waals surface area (Å²) in [6.07, 6.45) is -4.72. The van der Waals surface area contributed by atoms with E-state index in [9.17, 15) is 18.0 Å². The van der Waals surface area contributed by atoms with Gasteiger partial charge in [-0.1, -0.05) is 26.8 Å². The number of benzene rings is 1. The van der Waals surface area contributed by atoms with Crippen LogP contribution in [-0.4, -0.2) is 65.4 Å². The molecule has 0 aliphatic rings. The molecule has 33 heavy (non-hydrogen) atoms. The minimum absolute atomic E-state index is 0.0801. The van der Waals surface area contributed by atoms with Crippen molar-refractivity contribution in [2.45, 2.75) is 58.5 Å². The van der Waals surface area contributed by atoms with Crippen LogP contribution in [0, 0.1) is 5.41 Å². The summed E-state index contributed by atoms with van der Waals surface area (Å²) in [7, 11) is 4.49. The first-order valence-corrected chi connectivity index (χ1v) is 10.8. The second kappa shape index (κ2) is 13.6. The van der Waals surface area contributed by atoms with E-state index in [4.69, 9.17) is 18.9 Å². The van der Waals surface area contributed by atoms with Crippen molar-refractivity contribution < 1.29 is 36.9 Å². The first-order valence-electron chi connectivity index (χ1n) is 10.8. The lowest BCUT2D eigenvalue weighted by atomic mass is 9.87. The van der Waals surface area contributed by atoms with Crippen molar-refractivity contribution in [2.75, 3.05) is 41.0 Å². The fraction of sp³-hybridized carbons (Fsp3) is 0.696. The Hall–Kier alpha value is -2.04. The summed E-state index contributed by atoms with van der Waals surface area (Å²) in [5, 5.41) is 6.12. The lowest BCUT2D eigenvalue weighted by Crippen LogP contribution is -2.49. The van der Waals surface area contributed by atoms with Crippen molar-refractivity contribution in [1.82, 2.24) is 10.6 Å². The molecule has 0 bridgehead atoms. The zero-order valence-electron chi connectivity index (χ0n) is 20.3. The van der Waals surface area contributed by atoms with Gasteiger partial charge < -0.3 is 29.6 Å². The molecule has 0 spiro atoms. The number of alkyl halides is 3. The highest BCUT2D eigenvalue weighted by Crippen LogP contribution is 2.29. The zero-order chi connectivity index (χ0) is 25.1. The molecule has 190 valence electrons. The highest BCUT2D eigenvalue weighted by Gasteiger charge is 2.27. The molecule has 7 nitrogen and oxygen atoms in total. The molecule has 2 N–H and O–H groups in total. The van der Waals surface area contributed by atoms with Gasteiger partial charge in [-0.15, -0.1) is 0 Å². The maximum absolute atomic E-state index is 12.8. The van der Waals surface area contributed by atoms with Gasteiger partial charge in [0.25, 0.3) is 0 Å². The maximum Gasteiger partial charge on any atom is 0.392 e. The third-order valence-electron chi connectivity index (χ3n) is 4.77. The van der Waals surface area contributed by atoms with Crippen molar-refractivity contribution in [1.29, 1.82) is 0 Å². The van der Waals surface area contributed by atoms with Crippen LogP contribution in [0.2, 0.25) is 0 Å². The van der Waals surface area contributed by atoms with Crippen molar-refractivity contribution in [2.24, 2.45) is 5.41 Å². The summed E-state index contributed by atoms with van der Waals surface area (Å²) in [5.74, 6) is 0.444. The summed E-state index contributed by atoms with van der Waals surface area (Å²) in [5.41, 5.74) is 0.723. The number of hydrogen-bond donors (Lipinski definition) is 2. The van der Waals surface area contributed by atoms with Gasteiger partial charge in [-0.05, 0) is 36.0 Å². The summed E-state index contributed by atoms with van der Waals surface area (Å²) in [4.78, 5) is 12.8. The molecule has 0 unspecified atom stereocenters. The summed E-state index contributed by atoms with van der Waals surface area (Å²) >= 11 is 0. The molecule has 1 aromatic carbocycles. The molecule has 0 fully saturated rings. The first-order chi connectivity index (χ1) is 15.4. The van der Waals surface area contributed by atoms with Gasteiger partial charge in [-0.25, -0.2) is 0 Å². The Morgan fingerprint density at radius 2 is 1.73 bits per heavy atom. The van der Waals surface area contributed by atoms with Crippen LogP contribution < -0.4 is 20.1 Å². The molecule has 1 atom stereocenters. The highest BCUT2D eigenvalue weighted by atomic mass is 19.4. The number of halogens is 3. The predicted molar refractivity (Wildman–Crippen MR) is 120 cm³/mol. The van der Waals surface area contributed by atoms with E-state index in [1.165, 1.54) is 21.3 Å². The van der Waals surface area contributed by atoms with Crippen molar-refractivity contribution >= 4 is 5.91 Å². The number of methoxy groups -OCH3 is 3. The molecule has 0 heterocycles. The van der Waals surface area contributed by atoms with E-state index in [2.05, 4.69) is 31.4 Å². The molecule has 0 aromatic heterocycles. The van der Waals surface area contributed by atoms with E-state index in [1.54, 1.807) is 18.2 Å². The predicted octanol–water partition coefficient (Wildman–Crippen LogP) is 3.70. The van der Waals surface area contributed by atoms with Crippen LogP contribution in [0.1, 0.15) is 39.2 Å². The SMILES string of the molecule is COc1ccc(CCNC(=O)[C@@H](CC(C)(C)C)NCC(OC)OC)cc1OCCC(F)(F)F. The summed E-state index contributed by atoms with van der Waals surface area (Å²) < 4.78 is 58.0. The minimum atomic E-state index is -4.29. The molecule has 0 saturated carbocycles. The highest BCUT2D eigenvalue weighted by molar-refractivity contribution is 5.81. The lowest BCUT2D eigenvalue weighted by Gasteiger charge is -2.27. The molecular weight excluding hydrogens is 441 g/mol. The largest absolute Gasteiger partial charge is 0.493 e. The Morgan fingerprint density at radius 1 is 1.06 bits per heavy atom. The van der Waals surface area contributed by atoms with Gasteiger partial charge in [0.2, 0.25) is 5.91 Å². The quantitative estimate of drug-likeness (QED) is 0.397. The first kappa shape index (κ1) is 29.0. The second-order valence-corrected chi connectivity index (χ2v) is 8.87. The Morgan fingerprint density at radius 3 is 2.27 bits per heavy atom. The van der Waals surface area contributed by atoms with Crippen LogP contribution in [-0.2, 0) is 20.7 Å². The molecule has 0 saturated heterocycles. The average Bonchev–Trinajstić information content (AvgIpc) is 2.72. The number of nitrogens with one attached hydrogen (secondary N) is 2. The number of rotatable bonds is 14. The van der Waals surface area contributed by atoms with E-state index < -0.39 is 31.5 Å². The van der Waals surface area contributed by atoms with E-state index >= 15 is 0 Å². The topological polar surface area (TPSA) is 78.1 Å². The third kappa shape index (κ3) is 12.1. The van der Waals surface area contributed by atoms with Gasteiger partial charge in [0.15, 0.2) is 17.8 Å². The van der Waals surface area contributed by atoms with E-state index in [0.717, 1.165) is 5.56 Å². The average molecular weight is 479 g/mol. The van der Waals surface area contributed by atoms with Crippen LogP contribution in [0.15, 0.2) is 18.2 Å². The summed E-state index contributed by atoms with van der Waals surface area (Å²) in [6.45, 7) is 6.38. The number of carbonyl (C=O) groups is 1. The van der Waals surface area contributed by atoms with Crippen molar-refractivity contribution in [3.05, 3.63) is 23.8 Å². The van der Waals surface area contributed by atoms with Crippen LogP contribution in [0.25, 0.3) is 0 Å². The molecule has 1 aromatic rings. The fourth-order valence-electron chi connectivity index (χ4n) is 3.09. The van der Waals surface area contributed by atoms with Crippen LogP contribution in [0.5, 0.6) is 11.5 Å². The molecule has 1 amide bonds. The maximum atomic E-state index is 12.8. The number of ether oxygens (including phenoxy) is 4. The Kier molecular flexibility index (Phi) is 12.0. The monoisotopic (exact) mass is 478 g/mol. The lowest BCUT2D eigenvalue weighted by molar-refractivity contribution is -0.139. The van der Waals surface area contributed by atoms with Crippen molar-refractivity contribution in [3.63, 3.8) is 0 Å². The third-order valence-corrected chi connectivity index (χ3v) is 4.77. The molecule has 10 heteroatoms. The Bertz CT molecular complexity index is 719. The van der Waals surface area contributed by atoms with Gasteiger partial charge in [0.05, 0.1) is 26.2 Å². The number of carbonyl (C=O) groups excluding carboxylic acids is 1. The van der Waals surface area contributed by atoms with Gasteiger partial charge in [0.1, 0.15) is 0 Å². The minimum Gasteiger partial charge on any atom is -0.493 e. The number of amides is 1. The van der Waals surface area contributed by atoms with E-state index in [1.807, 2.05) is 0 Å².